The lowest BCUT2D eigenvalue weighted by atomic mass is 9.90. The van der Waals surface area contributed by atoms with E-state index in [0.717, 1.165) is 37.9 Å². The van der Waals surface area contributed by atoms with Crippen LogP contribution in [0.15, 0.2) is 45.6 Å². The van der Waals surface area contributed by atoms with Crippen molar-refractivity contribution in [2.75, 3.05) is 18.0 Å². The van der Waals surface area contributed by atoms with Gasteiger partial charge in [0.1, 0.15) is 11.5 Å². The maximum atomic E-state index is 13.3. The van der Waals surface area contributed by atoms with Crippen molar-refractivity contribution >= 4 is 6.01 Å². The van der Waals surface area contributed by atoms with Crippen LogP contribution in [-0.2, 0) is 13.5 Å². The highest BCUT2D eigenvalue weighted by Crippen LogP contribution is 2.26. The van der Waals surface area contributed by atoms with Gasteiger partial charge in [0.15, 0.2) is 0 Å². The summed E-state index contributed by atoms with van der Waals surface area (Å²) in [6, 6.07) is 10.3. The van der Waals surface area contributed by atoms with E-state index in [-0.39, 0.29) is 11.4 Å². The zero-order valence-electron chi connectivity index (χ0n) is 15.0. The van der Waals surface area contributed by atoms with Crippen LogP contribution >= 0.6 is 0 Å². The first kappa shape index (κ1) is 17.4. The van der Waals surface area contributed by atoms with Crippen LogP contribution in [0.3, 0.4) is 0 Å². The van der Waals surface area contributed by atoms with E-state index < -0.39 is 0 Å². The van der Waals surface area contributed by atoms with Crippen LogP contribution in [0.25, 0.3) is 11.6 Å². The molecule has 2 aromatic heterocycles. The molecule has 0 radical (unpaired) electrons. The zero-order chi connectivity index (χ0) is 18.8. The van der Waals surface area contributed by atoms with Crippen LogP contribution in [0.1, 0.15) is 18.4 Å². The molecule has 4 rings (SSSR count). The lowest BCUT2D eigenvalue weighted by Crippen LogP contribution is -2.34. The molecule has 0 atom stereocenters. The highest BCUT2D eigenvalue weighted by Gasteiger charge is 2.24. The fraction of sp³-hybridized carbons (Fsp3) is 0.368. The molecule has 1 fully saturated rings. The largest absolute Gasteiger partial charge is 0.401 e. The summed E-state index contributed by atoms with van der Waals surface area (Å²) in [7, 11) is 1.58. The molecule has 1 aromatic carbocycles. The quantitative estimate of drug-likeness (QED) is 0.703. The van der Waals surface area contributed by atoms with Crippen LogP contribution in [0, 0.1) is 11.7 Å². The minimum Gasteiger partial charge on any atom is -0.401 e. The summed E-state index contributed by atoms with van der Waals surface area (Å²) in [5.74, 6) is 0.619. The zero-order valence-corrected chi connectivity index (χ0v) is 15.0. The Hall–Kier alpha value is -3.03. The molecule has 7 nitrogen and oxygen atoms in total. The Morgan fingerprint density at radius 2 is 2.00 bits per heavy atom. The van der Waals surface area contributed by atoms with Crippen molar-refractivity contribution in [1.82, 2.24) is 20.0 Å². The van der Waals surface area contributed by atoms with Gasteiger partial charge in [-0.3, -0.25) is 4.79 Å². The van der Waals surface area contributed by atoms with Gasteiger partial charge < -0.3 is 9.32 Å². The predicted molar refractivity (Wildman–Crippen MR) is 97.8 cm³/mol. The summed E-state index contributed by atoms with van der Waals surface area (Å²) in [5.41, 5.74) is 1.31. The molecule has 140 valence electrons. The number of halogens is 1. The summed E-state index contributed by atoms with van der Waals surface area (Å²) in [5, 5.41) is 12.3. The van der Waals surface area contributed by atoms with E-state index >= 15 is 0 Å². The van der Waals surface area contributed by atoms with Crippen molar-refractivity contribution in [1.29, 1.82) is 0 Å². The van der Waals surface area contributed by atoms with E-state index in [9.17, 15) is 9.18 Å². The number of benzene rings is 1. The smallest absolute Gasteiger partial charge is 0.318 e. The van der Waals surface area contributed by atoms with Crippen LogP contribution < -0.4 is 10.5 Å². The molecule has 0 N–H and O–H groups in total. The standard InChI is InChI=1S/C19H20FN5O2/c1-24-17(26)6-5-16(23-24)18-21-22-19(27-18)25-9-7-13(8-10-25)11-14-3-2-4-15(20)12-14/h2-6,12-13H,7-11H2,1H3. The number of rotatable bonds is 4. The number of aromatic nitrogens is 4. The number of aryl methyl sites for hydroxylation is 1. The second-order valence-electron chi connectivity index (χ2n) is 6.83. The molecule has 0 bridgehead atoms. The van der Waals surface area contributed by atoms with E-state index in [1.165, 1.54) is 16.8 Å². The van der Waals surface area contributed by atoms with E-state index in [1.54, 1.807) is 25.2 Å². The third kappa shape index (κ3) is 3.89. The molecule has 0 aliphatic carbocycles. The van der Waals surface area contributed by atoms with Gasteiger partial charge in [-0.05, 0) is 48.9 Å². The average Bonchev–Trinajstić information content (AvgIpc) is 3.15. The summed E-state index contributed by atoms with van der Waals surface area (Å²) in [4.78, 5) is 13.5. The highest BCUT2D eigenvalue weighted by atomic mass is 19.1. The molecule has 1 saturated heterocycles. The van der Waals surface area contributed by atoms with Crippen molar-refractivity contribution in [3.05, 3.63) is 58.1 Å². The molecule has 1 aliphatic rings. The maximum Gasteiger partial charge on any atom is 0.318 e. The van der Waals surface area contributed by atoms with Crippen molar-refractivity contribution in [2.24, 2.45) is 13.0 Å². The Kier molecular flexibility index (Phi) is 4.70. The second kappa shape index (κ2) is 7.30. The van der Waals surface area contributed by atoms with Crippen molar-refractivity contribution in [3.8, 4) is 11.6 Å². The Labute approximate surface area is 155 Å². The third-order valence-corrected chi connectivity index (χ3v) is 4.89. The molecule has 8 heteroatoms. The van der Waals surface area contributed by atoms with Crippen molar-refractivity contribution < 1.29 is 8.81 Å². The Balaban J connectivity index is 1.39. The minimum absolute atomic E-state index is 0.185. The van der Waals surface area contributed by atoms with Gasteiger partial charge in [-0.2, -0.15) is 5.10 Å². The second-order valence-corrected chi connectivity index (χ2v) is 6.83. The summed E-state index contributed by atoms with van der Waals surface area (Å²) < 4.78 is 20.3. The molecule has 3 aromatic rings. The Morgan fingerprint density at radius 1 is 1.19 bits per heavy atom. The van der Waals surface area contributed by atoms with Crippen LogP contribution in [0.4, 0.5) is 10.4 Å². The molecule has 0 saturated carbocycles. The van der Waals surface area contributed by atoms with E-state index in [4.69, 9.17) is 4.42 Å². The van der Waals surface area contributed by atoms with E-state index in [2.05, 4.69) is 20.2 Å². The maximum absolute atomic E-state index is 13.3. The van der Waals surface area contributed by atoms with Gasteiger partial charge in [0, 0.05) is 26.2 Å². The van der Waals surface area contributed by atoms with Gasteiger partial charge in [0.05, 0.1) is 0 Å². The van der Waals surface area contributed by atoms with Crippen LogP contribution in [0.5, 0.6) is 0 Å². The third-order valence-electron chi connectivity index (χ3n) is 4.89. The number of anilines is 1. The van der Waals surface area contributed by atoms with E-state index in [1.807, 2.05) is 6.07 Å². The summed E-state index contributed by atoms with van der Waals surface area (Å²) >= 11 is 0. The molecule has 27 heavy (non-hydrogen) atoms. The lowest BCUT2D eigenvalue weighted by molar-refractivity contribution is 0.386. The number of hydrogen-bond acceptors (Lipinski definition) is 6. The molecule has 0 unspecified atom stereocenters. The Bertz CT molecular complexity index is 992. The van der Waals surface area contributed by atoms with Gasteiger partial charge >= 0.3 is 6.01 Å². The minimum atomic E-state index is -0.196. The molecular weight excluding hydrogens is 349 g/mol. The van der Waals surface area contributed by atoms with Gasteiger partial charge in [0.25, 0.3) is 11.4 Å². The summed E-state index contributed by atoms with van der Waals surface area (Å²) in [6.07, 6.45) is 2.83. The van der Waals surface area contributed by atoms with Gasteiger partial charge in [-0.15, -0.1) is 5.10 Å². The van der Waals surface area contributed by atoms with Gasteiger partial charge in [-0.1, -0.05) is 17.2 Å². The first-order valence-corrected chi connectivity index (χ1v) is 8.96. The van der Waals surface area contributed by atoms with Crippen molar-refractivity contribution in [3.63, 3.8) is 0 Å². The van der Waals surface area contributed by atoms with Gasteiger partial charge in [-0.25, -0.2) is 9.07 Å². The lowest BCUT2D eigenvalue weighted by Gasteiger charge is -2.30. The molecule has 1 aliphatic heterocycles. The van der Waals surface area contributed by atoms with Crippen LogP contribution in [-0.4, -0.2) is 33.1 Å². The molecular formula is C19H20FN5O2. The first-order chi connectivity index (χ1) is 13.1. The van der Waals surface area contributed by atoms with Crippen LogP contribution in [0.2, 0.25) is 0 Å². The molecule has 0 amide bonds. The summed E-state index contributed by atoms with van der Waals surface area (Å²) in [6.45, 7) is 1.62. The topological polar surface area (TPSA) is 77.1 Å². The van der Waals surface area contributed by atoms with E-state index in [0.29, 0.717) is 23.5 Å². The fourth-order valence-electron chi connectivity index (χ4n) is 3.39. The first-order valence-electron chi connectivity index (χ1n) is 8.96. The van der Waals surface area contributed by atoms with Gasteiger partial charge in [0.2, 0.25) is 0 Å². The predicted octanol–water partition coefficient (Wildman–Crippen LogP) is 2.43. The number of hydrogen-bond donors (Lipinski definition) is 0. The Morgan fingerprint density at radius 3 is 2.74 bits per heavy atom. The monoisotopic (exact) mass is 369 g/mol. The number of nitrogens with zero attached hydrogens (tertiary/aromatic N) is 5. The number of piperidine rings is 1. The SMILES string of the molecule is Cn1nc(-c2nnc(N3CCC(Cc4cccc(F)c4)CC3)o2)ccc1=O. The fourth-order valence-corrected chi connectivity index (χ4v) is 3.39. The molecule has 0 spiro atoms. The molecule has 3 heterocycles. The van der Waals surface area contributed by atoms with Crippen molar-refractivity contribution in [2.45, 2.75) is 19.3 Å². The highest BCUT2D eigenvalue weighted by molar-refractivity contribution is 5.46. The normalized spacial score (nSPS) is 15.3. The average molecular weight is 369 g/mol.